The van der Waals surface area contributed by atoms with Crippen molar-refractivity contribution in [2.45, 2.75) is 25.9 Å². The molecule has 1 aromatic heterocycles. The van der Waals surface area contributed by atoms with Gasteiger partial charge in [0.05, 0.1) is 6.04 Å². The molecule has 1 aliphatic rings. The number of anilines is 1. The molecule has 5 nitrogen and oxygen atoms in total. The van der Waals surface area contributed by atoms with Gasteiger partial charge in [0.2, 0.25) is 0 Å². The van der Waals surface area contributed by atoms with E-state index in [0.29, 0.717) is 12.1 Å². The van der Waals surface area contributed by atoms with Crippen LogP contribution in [-0.4, -0.2) is 29.8 Å². The molecule has 2 amide bonds. The summed E-state index contributed by atoms with van der Waals surface area (Å²) in [6.07, 6.45) is 0.950. The number of amides is 2. The largest absolute Gasteiger partial charge is 0.346 e. The Morgan fingerprint density at radius 3 is 2.65 bits per heavy atom. The Hall–Kier alpha value is -3.03. The zero-order valence-corrected chi connectivity index (χ0v) is 18.0. The van der Waals surface area contributed by atoms with Crippen LogP contribution in [0.2, 0.25) is 0 Å². The van der Waals surface area contributed by atoms with Gasteiger partial charge in [-0.1, -0.05) is 36.4 Å². The van der Waals surface area contributed by atoms with Gasteiger partial charge in [0.25, 0.3) is 0 Å². The van der Waals surface area contributed by atoms with E-state index in [0.717, 1.165) is 24.4 Å². The quantitative estimate of drug-likeness (QED) is 0.592. The molecule has 2 heterocycles. The van der Waals surface area contributed by atoms with Crippen LogP contribution in [0.1, 0.15) is 27.6 Å². The smallest absolute Gasteiger partial charge is 0.313 e. The average Bonchev–Trinajstić information content (AvgIpc) is 3.31. The molecule has 0 saturated heterocycles. The highest BCUT2D eigenvalue weighted by atomic mass is 32.1. The molecule has 0 bridgehead atoms. The molecule has 1 aliphatic heterocycles. The minimum Gasteiger partial charge on any atom is -0.346 e. The Kier molecular flexibility index (Phi) is 6.44. The maximum atomic E-state index is 13.7. The second kappa shape index (κ2) is 9.41. The van der Waals surface area contributed by atoms with E-state index in [1.54, 1.807) is 30.4 Å². The number of rotatable bonds is 5. The first kappa shape index (κ1) is 21.2. The van der Waals surface area contributed by atoms with Gasteiger partial charge in [0.1, 0.15) is 5.82 Å². The zero-order chi connectivity index (χ0) is 21.8. The van der Waals surface area contributed by atoms with Crippen molar-refractivity contribution in [3.63, 3.8) is 0 Å². The van der Waals surface area contributed by atoms with Crippen LogP contribution < -0.4 is 10.6 Å². The summed E-state index contributed by atoms with van der Waals surface area (Å²) in [5, 5.41) is 7.23. The molecular formula is C24H24FN3O2S. The molecule has 2 aromatic carbocycles. The molecule has 0 radical (unpaired) electrons. The molecule has 0 fully saturated rings. The summed E-state index contributed by atoms with van der Waals surface area (Å²) in [5.41, 5.74) is 3.38. The Labute approximate surface area is 184 Å². The number of hydrogen-bond donors (Lipinski definition) is 2. The van der Waals surface area contributed by atoms with Crippen molar-refractivity contribution in [2.24, 2.45) is 0 Å². The fraction of sp³-hybridized carbons (Fsp3) is 0.250. The van der Waals surface area contributed by atoms with E-state index in [-0.39, 0.29) is 11.7 Å². The minimum absolute atomic E-state index is 0.0260. The van der Waals surface area contributed by atoms with E-state index >= 15 is 0 Å². The van der Waals surface area contributed by atoms with Gasteiger partial charge in [0, 0.05) is 30.2 Å². The molecule has 0 spiro atoms. The third kappa shape index (κ3) is 5.00. The normalized spacial score (nSPS) is 14.5. The van der Waals surface area contributed by atoms with Gasteiger partial charge in [-0.05, 0) is 53.6 Å². The van der Waals surface area contributed by atoms with Crippen molar-refractivity contribution in [3.05, 3.63) is 87.4 Å². The maximum Gasteiger partial charge on any atom is 0.313 e. The second-order valence-electron chi connectivity index (χ2n) is 7.65. The topological polar surface area (TPSA) is 61.4 Å². The highest BCUT2D eigenvalue weighted by Crippen LogP contribution is 2.30. The molecule has 160 valence electrons. The lowest BCUT2D eigenvalue weighted by Gasteiger charge is -2.35. The molecule has 4 rings (SSSR count). The summed E-state index contributed by atoms with van der Waals surface area (Å²) in [6.45, 7) is 3.63. The lowest BCUT2D eigenvalue weighted by Crippen LogP contribution is -2.43. The van der Waals surface area contributed by atoms with Crippen LogP contribution in [0.15, 0.2) is 60.0 Å². The zero-order valence-electron chi connectivity index (χ0n) is 17.2. The van der Waals surface area contributed by atoms with E-state index in [2.05, 4.69) is 39.8 Å². The summed E-state index contributed by atoms with van der Waals surface area (Å²) in [5.74, 6) is -1.97. The molecule has 7 heteroatoms. The van der Waals surface area contributed by atoms with Gasteiger partial charge >= 0.3 is 11.8 Å². The summed E-state index contributed by atoms with van der Waals surface area (Å²) >= 11 is 1.64. The Bertz CT molecular complexity index is 1080. The summed E-state index contributed by atoms with van der Waals surface area (Å²) in [6, 6.07) is 16.8. The monoisotopic (exact) mass is 437 g/mol. The molecule has 31 heavy (non-hydrogen) atoms. The molecule has 0 saturated carbocycles. The van der Waals surface area contributed by atoms with Crippen LogP contribution in [-0.2, 0) is 22.6 Å². The maximum absolute atomic E-state index is 13.7. The van der Waals surface area contributed by atoms with Crippen molar-refractivity contribution >= 4 is 28.8 Å². The van der Waals surface area contributed by atoms with Crippen LogP contribution in [0.3, 0.4) is 0 Å². The van der Waals surface area contributed by atoms with Gasteiger partial charge in [0.15, 0.2) is 0 Å². The lowest BCUT2D eigenvalue weighted by molar-refractivity contribution is -0.136. The predicted molar refractivity (Wildman–Crippen MR) is 120 cm³/mol. The number of halogens is 1. The van der Waals surface area contributed by atoms with Crippen LogP contribution in [0.4, 0.5) is 10.1 Å². The van der Waals surface area contributed by atoms with Gasteiger partial charge < -0.3 is 10.6 Å². The van der Waals surface area contributed by atoms with Crippen LogP contribution in [0.25, 0.3) is 0 Å². The number of thiophene rings is 1. The minimum atomic E-state index is -0.808. The number of nitrogens with one attached hydrogen (secondary N) is 2. The molecule has 0 aliphatic carbocycles. The fourth-order valence-corrected chi connectivity index (χ4v) is 4.66. The molecule has 1 atom stereocenters. The first-order valence-corrected chi connectivity index (χ1v) is 11.1. The summed E-state index contributed by atoms with van der Waals surface area (Å²) in [7, 11) is 0. The van der Waals surface area contributed by atoms with E-state index < -0.39 is 17.6 Å². The Morgan fingerprint density at radius 2 is 1.90 bits per heavy atom. The molecule has 3 aromatic rings. The number of hydrogen-bond acceptors (Lipinski definition) is 4. The van der Waals surface area contributed by atoms with Crippen LogP contribution in [0.5, 0.6) is 0 Å². The van der Waals surface area contributed by atoms with Crippen molar-refractivity contribution in [1.82, 2.24) is 10.2 Å². The molecular weight excluding hydrogens is 413 g/mol. The third-order valence-corrected chi connectivity index (χ3v) is 6.54. The molecule has 2 N–H and O–H groups in total. The average molecular weight is 438 g/mol. The van der Waals surface area contributed by atoms with Crippen LogP contribution in [0, 0.1) is 12.7 Å². The standard InChI is InChI=1S/C24H24FN3O2S/c1-16-8-9-19(13-20(16)25)27-24(30)23(29)26-14-21(22-7-4-12-31-22)28-11-10-17-5-2-3-6-18(17)15-28/h2-9,12-13,21H,10-11,14-15H2,1H3,(H,26,29)(H,27,30). The van der Waals surface area contributed by atoms with E-state index in [4.69, 9.17) is 0 Å². The Balaban J connectivity index is 1.41. The highest BCUT2D eigenvalue weighted by molar-refractivity contribution is 7.10. The van der Waals surface area contributed by atoms with E-state index in [1.165, 1.54) is 17.2 Å². The van der Waals surface area contributed by atoms with Crippen molar-refractivity contribution in [3.8, 4) is 0 Å². The second-order valence-corrected chi connectivity index (χ2v) is 8.63. The fourth-order valence-electron chi connectivity index (χ4n) is 3.80. The number of benzene rings is 2. The predicted octanol–water partition coefficient (Wildman–Crippen LogP) is 4.05. The number of aryl methyl sites for hydroxylation is 1. The Morgan fingerprint density at radius 1 is 1.10 bits per heavy atom. The number of fused-ring (bicyclic) bond motifs is 1. The van der Waals surface area contributed by atoms with E-state index in [9.17, 15) is 14.0 Å². The highest BCUT2D eigenvalue weighted by Gasteiger charge is 2.26. The first-order valence-electron chi connectivity index (χ1n) is 10.2. The lowest BCUT2D eigenvalue weighted by atomic mass is 9.98. The van der Waals surface area contributed by atoms with Gasteiger partial charge in [-0.3, -0.25) is 14.5 Å². The van der Waals surface area contributed by atoms with E-state index in [1.807, 2.05) is 17.5 Å². The van der Waals surface area contributed by atoms with Gasteiger partial charge in [-0.2, -0.15) is 0 Å². The third-order valence-electron chi connectivity index (χ3n) is 5.56. The first-order chi connectivity index (χ1) is 15.0. The van der Waals surface area contributed by atoms with Crippen LogP contribution >= 0.6 is 11.3 Å². The summed E-state index contributed by atoms with van der Waals surface area (Å²) in [4.78, 5) is 28.2. The van der Waals surface area contributed by atoms with Gasteiger partial charge in [-0.25, -0.2) is 4.39 Å². The number of carbonyl (C=O) groups excluding carboxylic acids is 2. The van der Waals surface area contributed by atoms with Crippen molar-refractivity contribution in [1.29, 1.82) is 0 Å². The number of nitrogens with zero attached hydrogens (tertiary/aromatic N) is 1. The summed E-state index contributed by atoms with van der Waals surface area (Å²) < 4.78 is 13.7. The number of carbonyl (C=O) groups is 2. The molecule has 1 unspecified atom stereocenters. The SMILES string of the molecule is Cc1ccc(NC(=O)C(=O)NCC(c2cccs2)N2CCc3ccccc3C2)cc1F. The van der Waals surface area contributed by atoms with Crippen molar-refractivity contribution < 1.29 is 14.0 Å². The van der Waals surface area contributed by atoms with Gasteiger partial charge in [-0.15, -0.1) is 11.3 Å². The van der Waals surface area contributed by atoms with Crippen molar-refractivity contribution in [2.75, 3.05) is 18.4 Å².